The first-order valence-electron chi connectivity index (χ1n) is 5.95. The predicted molar refractivity (Wildman–Crippen MR) is 72.2 cm³/mol. The summed E-state index contributed by atoms with van der Waals surface area (Å²) in [5.41, 5.74) is 1.15. The third-order valence-electron chi connectivity index (χ3n) is 2.59. The van der Waals surface area contributed by atoms with Gasteiger partial charge in [-0.15, -0.1) is 0 Å². The van der Waals surface area contributed by atoms with E-state index in [0.717, 1.165) is 0 Å². The summed E-state index contributed by atoms with van der Waals surface area (Å²) >= 11 is 0. The topological polar surface area (TPSA) is 62.1 Å². The number of ether oxygens (including phenoxy) is 1. The van der Waals surface area contributed by atoms with E-state index < -0.39 is 12.5 Å². The number of halogens is 2. The second-order valence-electron chi connectivity index (χ2n) is 4.05. The standard InChI is InChI=1S/C15H10F2N2O2/c16-15(17)21-13-6-4-12(5-7-13)19-14(20)11-3-1-2-10(8-11)9-18/h1-8,15H,(H,19,20). The van der Waals surface area contributed by atoms with E-state index in [2.05, 4.69) is 10.1 Å². The predicted octanol–water partition coefficient (Wildman–Crippen LogP) is 3.41. The van der Waals surface area contributed by atoms with Crippen molar-refractivity contribution < 1.29 is 18.3 Å². The average molecular weight is 288 g/mol. The molecule has 0 aromatic heterocycles. The first-order valence-corrected chi connectivity index (χ1v) is 5.95. The molecular formula is C15H10F2N2O2. The van der Waals surface area contributed by atoms with Gasteiger partial charge in [-0.3, -0.25) is 4.79 Å². The smallest absolute Gasteiger partial charge is 0.387 e. The van der Waals surface area contributed by atoms with Crippen LogP contribution >= 0.6 is 0 Å². The van der Waals surface area contributed by atoms with Crippen molar-refractivity contribution in [3.05, 3.63) is 59.7 Å². The summed E-state index contributed by atoms with van der Waals surface area (Å²) in [6.07, 6.45) is 0. The van der Waals surface area contributed by atoms with E-state index in [1.54, 1.807) is 18.2 Å². The lowest BCUT2D eigenvalue weighted by atomic mass is 10.1. The van der Waals surface area contributed by atoms with Gasteiger partial charge in [0, 0.05) is 11.3 Å². The number of hydrogen-bond donors (Lipinski definition) is 1. The van der Waals surface area contributed by atoms with Crippen LogP contribution in [0.2, 0.25) is 0 Å². The summed E-state index contributed by atoms with van der Waals surface area (Å²) in [5, 5.41) is 11.4. The Morgan fingerprint density at radius 2 is 1.90 bits per heavy atom. The lowest BCUT2D eigenvalue weighted by Crippen LogP contribution is -2.12. The molecule has 0 aliphatic carbocycles. The number of benzene rings is 2. The maximum Gasteiger partial charge on any atom is 0.387 e. The summed E-state index contributed by atoms with van der Waals surface area (Å²) in [6, 6.07) is 13.7. The molecule has 0 radical (unpaired) electrons. The van der Waals surface area contributed by atoms with Gasteiger partial charge in [0.1, 0.15) is 5.75 Å². The molecule has 1 amide bonds. The van der Waals surface area contributed by atoms with Crippen molar-refractivity contribution in [3.63, 3.8) is 0 Å². The Morgan fingerprint density at radius 1 is 1.19 bits per heavy atom. The number of rotatable bonds is 4. The van der Waals surface area contributed by atoms with Crippen LogP contribution in [0.25, 0.3) is 0 Å². The summed E-state index contributed by atoms with van der Waals surface area (Å²) in [5.74, 6) is -0.385. The minimum Gasteiger partial charge on any atom is -0.435 e. The van der Waals surface area contributed by atoms with Gasteiger partial charge in [-0.1, -0.05) is 6.07 Å². The van der Waals surface area contributed by atoms with Gasteiger partial charge in [0.2, 0.25) is 0 Å². The fourth-order valence-corrected chi connectivity index (χ4v) is 1.65. The number of anilines is 1. The Bertz CT molecular complexity index is 679. The van der Waals surface area contributed by atoms with Crippen LogP contribution in [0.5, 0.6) is 5.75 Å². The molecule has 2 rings (SSSR count). The van der Waals surface area contributed by atoms with Crippen molar-refractivity contribution in [1.82, 2.24) is 0 Å². The number of nitriles is 1. The molecule has 106 valence electrons. The van der Waals surface area contributed by atoms with Gasteiger partial charge in [0.15, 0.2) is 0 Å². The molecule has 0 atom stereocenters. The molecule has 0 bridgehead atoms. The molecule has 0 aliphatic rings. The van der Waals surface area contributed by atoms with Gasteiger partial charge in [-0.25, -0.2) is 0 Å². The molecule has 6 heteroatoms. The molecule has 0 fully saturated rings. The fourth-order valence-electron chi connectivity index (χ4n) is 1.65. The van der Waals surface area contributed by atoms with Gasteiger partial charge >= 0.3 is 6.61 Å². The Kier molecular flexibility index (Phi) is 4.46. The summed E-state index contributed by atoms with van der Waals surface area (Å²) < 4.78 is 28.2. The van der Waals surface area contributed by atoms with Crippen LogP contribution in [-0.2, 0) is 0 Å². The van der Waals surface area contributed by atoms with Crippen LogP contribution in [0.1, 0.15) is 15.9 Å². The van der Waals surface area contributed by atoms with E-state index in [-0.39, 0.29) is 5.75 Å². The molecule has 0 unspecified atom stereocenters. The highest BCUT2D eigenvalue weighted by atomic mass is 19.3. The van der Waals surface area contributed by atoms with Crippen molar-refractivity contribution >= 4 is 11.6 Å². The van der Waals surface area contributed by atoms with Gasteiger partial charge in [0.25, 0.3) is 5.91 Å². The second-order valence-corrected chi connectivity index (χ2v) is 4.05. The van der Waals surface area contributed by atoms with E-state index in [1.165, 1.54) is 30.3 Å². The number of amides is 1. The van der Waals surface area contributed by atoms with E-state index in [0.29, 0.717) is 16.8 Å². The number of hydrogen-bond acceptors (Lipinski definition) is 3. The van der Waals surface area contributed by atoms with Crippen LogP contribution in [-0.4, -0.2) is 12.5 Å². The number of alkyl halides is 2. The molecule has 2 aromatic carbocycles. The summed E-state index contributed by atoms with van der Waals surface area (Å²) in [6.45, 7) is -2.89. The van der Waals surface area contributed by atoms with Crippen LogP contribution < -0.4 is 10.1 Å². The minimum atomic E-state index is -2.89. The van der Waals surface area contributed by atoms with Crippen LogP contribution in [0.3, 0.4) is 0 Å². The SMILES string of the molecule is N#Cc1cccc(C(=O)Nc2ccc(OC(F)F)cc2)c1. The molecule has 0 spiro atoms. The third kappa shape index (κ3) is 4.01. The first-order chi connectivity index (χ1) is 10.1. The summed E-state index contributed by atoms with van der Waals surface area (Å²) in [7, 11) is 0. The number of nitrogens with zero attached hydrogens (tertiary/aromatic N) is 1. The zero-order chi connectivity index (χ0) is 15.2. The molecule has 0 saturated heterocycles. The van der Waals surface area contributed by atoms with E-state index in [4.69, 9.17) is 5.26 Å². The monoisotopic (exact) mass is 288 g/mol. The molecule has 1 N–H and O–H groups in total. The van der Waals surface area contributed by atoms with E-state index >= 15 is 0 Å². The van der Waals surface area contributed by atoms with Crippen molar-refractivity contribution in [3.8, 4) is 11.8 Å². The van der Waals surface area contributed by atoms with Gasteiger partial charge < -0.3 is 10.1 Å². The van der Waals surface area contributed by atoms with Gasteiger partial charge in [-0.05, 0) is 42.5 Å². The Hall–Kier alpha value is -2.94. The minimum absolute atomic E-state index is 0.00877. The maximum absolute atomic E-state index is 12.0. The largest absolute Gasteiger partial charge is 0.435 e. The average Bonchev–Trinajstić information content (AvgIpc) is 2.49. The molecule has 2 aromatic rings. The quantitative estimate of drug-likeness (QED) is 0.937. The van der Waals surface area contributed by atoms with E-state index in [1.807, 2.05) is 6.07 Å². The molecule has 0 saturated carbocycles. The van der Waals surface area contributed by atoms with Crippen molar-refractivity contribution in [2.75, 3.05) is 5.32 Å². The number of nitrogens with one attached hydrogen (secondary N) is 1. The van der Waals surface area contributed by atoms with Crippen LogP contribution in [0.15, 0.2) is 48.5 Å². The molecular weight excluding hydrogens is 278 g/mol. The van der Waals surface area contributed by atoms with Crippen molar-refractivity contribution in [2.45, 2.75) is 6.61 Å². The van der Waals surface area contributed by atoms with Crippen LogP contribution in [0, 0.1) is 11.3 Å². The maximum atomic E-state index is 12.0. The van der Waals surface area contributed by atoms with Crippen LogP contribution in [0.4, 0.5) is 14.5 Å². The van der Waals surface area contributed by atoms with E-state index in [9.17, 15) is 13.6 Å². The van der Waals surface area contributed by atoms with Gasteiger partial charge in [0.05, 0.1) is 11.6 Å². The molecule has 0 aliphatic heterocycles. The number of carbonyl (C=O) groups excluding carboxylic acids is 1. The fraction of sp³-hybridized carbons (Fsp3) is 0.0667. The molecule has 0 heterocycles. The molecule has 21 heavy (non-hydrogen) atoms. The summed E-state index contributed by atoms with van der Waals surface area (Å²) in [4.78, 5) is 12.0. The van der Waals surface area contributed by atoms with Gasteiger partial charge in [-0.2, -0.15) is 14.0 Å². The third-order valence-corrected chi connectivity index (χ3v) is 2.59. The first kappa shape index (κ1) is 14.5. The Balaban J connectivity index is 2.07. The Morgan fingerprint density at radius 3 is 2.52 bits per heavy atom. The lowest BCUT2D eigenvalue weighted by molar-refractivity contribution is -0.0498. The highest BCUT2D eigenvalue weighted by Gasteiger charge is 2.08. The zero-order valence-electron chi connectivity index (χ0n) is 10.7. The molecule has 4 nitrogen and oxygen atoms in total. The van der Waals surface area contributed by atoms with Crippen molar-refractivity contribution in [1.29, 1.82) is 5.26 Å². The number of carbonyl (C=O) groups is 1. The normalized spacial score (nSPS) is 10.0. The van der Waals surface area contributed by atoms with Crippen molar-refractivity contribution in [2.24, 2.45) is 0 Å². The lowest BCUT2D eigenvalue weighted by Gasteiger charge is -2.07. The highest BCUT2D eigenvalue weighted by Crippen LogP contribution is 2.18. The second kappa shape index (κ2) is 6.48. The highest BCUT2D eigenvalue weighted by molar-refractivity contribution is 6.04. The zero-order valence-corrected chi connectivity index (χ0v) is 10.7. The Labute approximate surface area is 119 Å².